The van der Waals surface area contributed by atoms with Crippen molar-refractivity contribution in [3.8, 4) is 11.5 Å². The molecule has 1 aliphatic rings. The summed E-state index contributed by atoms with van der Waals surface area (Å²) in [5.74, 6) is 1.85. The van der Waals surface area contributed by atoms with Crippen LogP contribution in [0, 0.1) is 0 Å². The zero-order valence-electron chi connectivity index (χ0n) is 18.5. The van der Waals surface area contributed by atoms with E-state index in [0.717, 1.165) is 16.9 Å². The first-order chi connectivity index (χ1) is 16.2. The lowest BCUT2D eigenvalue weighted by molar-refractivity contribution is 0.0963. The summed E-state index contributed by atoms with van der Waals surface area (Å²) in [6, 6.07) is 24.7. The average Bonchev–Trinajstić information content (AvgIpc) is 3.38. The molecule has 4 aromatic rings. The number of benzene rings is 3. The molecule has 0 bridgehead atoms. The van der Waals surface area contributed by atoms with Gasteiger partial charge in [0.25, 0.3) is 5.91 Å². The molecule has 33 heavy (non-hydrogen) atoms. The molecule has 0 unspecified atom stereocenters. The molecule has 0 spiro atoms. The molecule has 3 aromatic carbocycles. The molecule has 1 aromatic heterocycles. The number of hydrogen-bond acceptors (Lipinski definition) is 5. The lowest BCUT2D eigenvalue weighted by Gasteiger charge is -2.39. The highest BCUT2D eigenvalue weighted by molar-refractivity contribution is 6.06. The molecule has 0 fully saturated rings. The van der Waals surface area contributed by atoms with E-state index in [2.05, 4.69) is 10.1 Å². The minimum atomic E-state index is -0.229. The van der Waals surface area contributed by atoms with Crippen LogP contribution in [0.1, 0.15) is 40.0 Å². The Bertz CT molecular complexity index is 1250. The molecule has 0 saturated heterocycles. The number of hydrogen-bond donors (Lipinski definition) is 0. The molecule has 0 aliphatic carbocycles. The number of anilines is 1. The Morgan fingerprint density at radius 2 is 1.61 bits per heavy atom. The molecular formula is C26H24N4O3. The van der Waals surface area contributed by atoms with Crippen LogP contribution in [-0.2, 0) is 0 Å². The summed E-state index contributed by atoms with van der Waals surface area (Å²) in [6.07, 6.45) is 2.13. The Morgan fingerprint density at radius 1 is 0.879 bits per heavy atom. The number of fused-ring (bicyclic) bond motifs is 1. The van der Waals surface area contributed by atoms with Gasteiger partial charge >= 0.3 is 0 Å². The predicted molar refractivity (Wildman–Crippen MR) is 125 cm³/mol. The highest BCUT2D eigenvalue weighted by Crippen LogP contribution is 2.44. The van der Waals surface area contributed by atoms with Gasteiger partial charge in [-0.1, -0.05) is 48.5 Å². The van der Waals surface area contributed by atoms with Crippen molar-refractivity contribution in [2.45, 2.75) is 18.5 Å². The fraction of sp³-hybridized carbons (Fsp3) is 0.192. The summed E-state index contributed by atoms with van der Waals surface area (Å²) in [6.45, 7) is 0. The van der Waals surface area contributed by atoms with Crippen LogP contribution < -0.4 is 14.4 Å². The van der Waals surface area contributed by atoms with E-state index >= 15 is 0 Å². The molecule has 0 radical (unpaired) electrons. The SMILES string of the molecule is COc1ccc(C(=O)N2c3ncnn3[C@H](c3ccccc3OC)C[C@@H]2c2ccccc2)cc1. The quantitative estimate of drug-likeness (QED) is 0.451. The number of amides is 1. The molecule has 1 amide bonds. The van der Waals surface area contributed by atoms with E-state index in [0.29, 0.717) is 23.7 Å². The van der Waals surface area contributed by atoms with Gasteiger partial charge in [-0.25, -0.2) is 4.68 Å². The van der Waals surface area contributed by atoms with Gasteiger partial charge in [-0.2, -0.15) is 10.1 Å². The summed E-state index contributed by atoms with van der Waals surface area (Å²) in [5, 5.41) is 4.51. The fourth-order valence-corrected chi connectivity index (χ4v) is 4.46. The van der Waals surface area contributed by atoms with E-state index in [1.165, 1.54) is 6.33 Å². The Labute approximate surface area is 192 Å². The molecule has 1 aliphatic heterocycles. The van der Waals surface area contributed by atoms with E-state index in [-0.39, 0.29) is 18.0 Å². The van der Waals surface area contributed by atoms with Crippen LogP contribution in [-0.4, -0.2) is 34.9 Å². The number of carbonyl (C=O) groups excluding carboxylic acids is 1. The van der Waals surface area contributed by atoms with Crippen molar-refractivity contribution < 1.29 is 14.3 Å². The second-order valence-corrected chi connectivity index (χ2v) is 7.83. The third kappa shape index (κ3) is 3.71. The van der Waals surface area contributed by atoms with E-state index in [1.54, 1.807) is 43.4 Å². The molecule has 2 heterocycles. The van der Waals surface area contributed by atoms with Crippen LogP contribution in [0.25, 0.3) is 0 Å². The second-order valence-electron chi connectivity index (χ2n) is 7.83. The van der Waals surface area contributed by atoms with Crippen LogP contribution >= 0.6 is 0 Å². The number of nitrogens with zero attached hydrogens (tertiary/aromatic N) is 4. The molecule has 2 atom stereocenters. The smallest absolute Gasteiger partial charge is 0.261 e. The first-order valence-electron chi connectivity index (χ1n) is 10.8. The largest absolute Gasteiger partial charge is 0.497 e. The van der Waals surface area contributed by atoms with Gasteiger partial charge < -0.3 is 9.47 Å². The number of rotatable bonds is 5. The van der Waals surface area contributed by atoms with Crippen LogP contribution in [0.3, 0.4) is 0 Å². The van der Waals surface area contributed by atoms with Crippen molar-refractivity contribution in [2.75, 3.05) is 19.1 Å². The van der Waals surface area contributed by atoms with Gasteiger partial charge in [0.2, 0.25) is 5.95 Å². The summed E-state index contributed by atoms with van der Waals surface area (Å²) in [5.41, 5.74) is 2.60. The number of ether oxygens (including phenoxy) is 2. The van der Waals surface area contributed by atoms with E-state index in [1.807, 2.05) is 59.3 Å². The second kappa shape index (κ2) is 8.78. The minimum Gasteiger partial charge on any atom is -0.497 e. The molecule has 0 N–H and O–H groups in total. The highest BCUT2D eigenvalue weighted by Gasteiger charge is 2.40. The fourth-order valence-electron chi connectivity index (χ4n) is 4.46. The zero-order chi connectivity index (χ0) is 22.8. The lowest BCUT2D eigenvalue weighted by atomic mass is 9.91. The normalized spacial score (nSPS) is 17.3. The van der Waals surface area contributed by atoms with Gasteiger partial charge in [0, 0.05) is 11.1 Å². The van der Waals surface area contributed by atoms with Crippen molar-refractivity contribution in [3.63, 3.8) is 0 Å². The van der Waals surface area contributed by atoms with E-state index < -0.39 is 0 Å². The maximum absolute atomic E-state index is 13.8. The average molecular weight is 441 g/mol. The van der Waals surface area contributed by atoms with Crippen molar-refractivity contribution in [3.05, 3.63) is 102 Å². The summed E-state index contributed by atoms with van der Waals surface area (Å²) >= 11 is 0. The third-order valence-electron chi connectivity index (χ3n) is 6.06. The first kappa shape index (κ1) is 20.8. The molecule has 7 heteroatoms. The number of para-hydroxylation sites is 1. The topological polar surface area (TPSA) is 69.5 Å². The van der Waals surface area contributed by atoms with Crippen molar-refractivity contribution in [2.24, 2.45) is 0 Å². The molecular weight excluding hydrogens is 416 g/mol. The number of methoxy groups -OCH3 is 2. The maximum atomic E-state index is 13.8. The van der Waals surface area contributed by atoms with E-state index in [4.69, 9.17) is 9.47 Å². The predicted octanol–water partition coefficient (Wildman–Crippen LogP) is 4.68. The van der Waals surface area contributed by atoms with Gasteiger partial charge in [0.05, 0.1) is 26.3 Å². The van der Waals surface area contributed by atoms with Crippen molar-refractivity contribution in [1.29, 1.82) is 0 Å². The van der Waals surface area contributed by atoms with Crippen LogP contribution in [0.4, 0.5) is 5.95 Å². The van der Waals surface area contributed by atoms with E-state index in [9.17, 15) is 4.79 Å². The van der Waals surface area contributed by atoms with Gasteiger partial charge in [0.15, 0.2) is 0 Å². The highest BCUT2D eigenvalue weighted by atomic mass is 16.5. The lowest BCUT2D eigenvalue weighted by Crippen LogP contribution is -2.42. The Kier molecular flexibility index (Phi) is 5.52. The van der Waals surface area contributed by atoms with Gasteiger partial charge in [-0.15, -0.1) is 0 Å². The van der Waals surface area contributed by atoms with Crippen LogP contribution in [0.2, 0.25) is 0 Å². The number of carbonyl (C=O) groups is 1. The Balaban J connectivity index is 1.64. The zero-order valence-corrected chi connectivity index (χ0v) is 18.5. The third-order valence-corrected chi connectivity index (χ3v) is 6.06. The Hall–Kier alpha value is -4.13. The van der Waals surface area contributed by atoms with Crippen molar-refractivity contribution in [1.82, 2.24) is 14.8 Å². The minimum absolute atomic E-state index is 0.135. The molecule has 0 saturated carbocycles. The summed E-state index contributed by atoms with van der Waals surface area (Å²) in [7, 11) is 3.27. The van der Waals surface area contributed by atoms with Crippen LogP contribution in [0.15, 0.2) is 85.2 Å². The monoisotopic (exact) mass is 440 g/mol. The number of aromatic nitrogens is 3. The first-order valence-corrected chi connectivity index (χ1v) is 10.8. The summed E-state index contributed by atoms with van der Waals surface area (Å²) in [4.78, 5) is 20.1. The molecule has 7 nitrogen and oxygen atoms in total. The van der Waals surface area contributed by atoms with Gasteiger partial charge in [-0.3, -0.25) is 9.69 Å². The molecule has 166 valence electrons. The van der Waals surface area contributed by atoms with Gasteiger partial charge in [-0.05, 0) is 42.3 Å². The summed E-state index contributed by atoms with van der Waals surface area (Å²) < 4.78 is 12.7. The van der Waals surface area contributed by atoms with Gasteiger partial charge in [0.1, 0.15) is 17.8 Å². The molecule has 5 rings (SSSR count). The van der Waals surface area contributed by atoms with Crippen molar-refractivity contribution >= 4 is 11.9 Å². The standard InChI is InChI=1S/C26H24N4O3/c1-32-20-14-12-19(13-15-20)25(31)29-22(18-8-4-3-5-9-18)16-23(30-26(29)27-17-28-30)21-10-6-7-11-24(21)33-2/h3-15,17,22-23H,16H2,1-2H3/t22-,23+/m1/s1. The Morgan fingerprint density at radius 3 is 2.33 bits per heavy atom. The maximum Gasteiger partial charge on any atom is 0.261 e. The van der Waals surface area contributed by atoms with Crippen LogP contribution in [0.5, 0.6) is 11.5 Å².